The summed E-state index contributed by atoms with van der Waals surface area (Å²) in [6, 6.07) is 14.1. The number of carbonyl (C=O) groups is 2. The standard InChI is InChI=1S/C21H23NO3/c1-21(2)12-7-13-22(14-21)19(23)17-10-5-3-8-15(17)16-9-4-6-11-18(16)20(24)25/h3-6,8-11H,7,12-14H2,1-2H3,(H,24,25). The summed E-state index contributed by atoms with van der Waals surface area (Å²) in [4.78, 5) is 26.6. The number of rotatable bonds is 3. The molecule has 4 heteroatoms. The van der Waals surface area contributed by atoms with Crippen molar-refractivity contribution in [1.29, 1.82) is 0 Å². The van der Waals surface area contributed by atoms with Crippen LogP contribution in [-0.2, 0) is 0 Å². The minimum atomic E-state index is -0.989. The molecule has 3 rings (SSSR count). The average molecular weight is 337 g/mol. The monoisotopic (exact) mass is 337 g/mol. The Hall–Kier alpha value is -2.62. The van der Waals surface area contributed by atoms with E-state index in [9.17, 15) is 14.7 Å². The van der Waals surface area contributed by atoms with Gasteiger partial charge in [0.05, 0.1) is 5.56 Å². The first-order chi connectivity index (χ1) is 11.9. The van der Waals surface area contributed by atoms with Gasteiger partial charge in [0.25, 0.3) is 5.91 Å². The van der Waals surface area contributed by atoms with Gasteiger partial charge in [-0.25, -0.2) is 4.79 Å². The van der Waals surface area contributed by atoms with Gasteiger partial charge in [0.2, 0.25) is 0 Å². The van der Waals surface area contributed by atoms with Crippen molar-refractivity contribution in [2.45, 2.75) is 26.7 Å². The molecule has 1 amide bonds. The van der Waals surface area contributed by atoms with E-state index in [4.69, 9.17) is 0 Å². The summed E-state index contributed by atoms with van der Waals surface area (Å²) in [6.07, 6.45) is 2.10. The van der Waals surface area contributed by atoms with Gasteiger partial charge in [-0.15, -0.1) is 0 Å². The molecular weight excluding hydrogens is 314 g/mol. The quantitative estimate of drug-likeness (QED) is 0.908. The molecule has 0 aliphatic carbocycles. The number of nitrogens with zero attached hydrogens (tertiary/aromatic N) is 1. The Kier molecular flexibility index (Phi) is 4.62. The fraction of sp³-hybridized carbons (Fsp3) is 0.333. The van der Waals surface area contributed by atoms with Crippen LogP contribution < -0.4 is 0 Å². The third-order valence-corrected chi connectivity index (χ3v) is 4.79. The van der Waals surface area contributed by atoms with E-state index >= 15 is 0 Å². The first-order valence-electron chi connectivity index (χ1n) is 8.60. The zero-order valence-corrected chi connectivity index (χ0v) is 14.7. The molecule has 1 N–H and O–H groups in total. The lowest BCUT2D eigenvalue weighted by molar-refractivity contribution is 0.0583. The third-order valence-electron chi connectivity index (χ3n) is 4.79. The first-order valence-corrected chi connectivity index (χ1v) is 8.60. The smallest absolute Gasteiger partial charge is 0.336 e. The lowest BCUT2D eigenvalue weighted by Gasteiger charge is -2.38. The summed E-state index contributed by atoms with van der Waals surface area (Å²) in [5, 5.41) is 9.48. The minimum Gasteiger partial charge on any atom is -0.478 e. The first kappa shape index (κ1) is 17.2. The molecule has 130 valence electrons. The number of amides is 1. The second-order valence-corrected chi connectivity index (χ2v) is 7.39. The Bertz CT molecular complexity index is 810. The van der Waals surface area contributed by atoms with Crippen molar-refractivity contribution < 1.29 is 14.7 Å². The van der Waals surface area contributed by atoms with Crippen LogP contribution in [-0.4, -0.2) is 35.0 Å². The fourth-order valence-corrected chi connectivity index (χ4v) is 3.58. The van der Waals surface area contributed by atoms with E-state index in [1.807, 2.05) is 23.1 Å². The third kappa shape index (κ3) is 3.58. The number of aromatic carboxylic acids is 1. The van der Waals surface area contributed by atoms with E-state index in [0.717, 1.165) is 25.9 Å². The van der Waals surface area contributed by atoms with Crippen LogP contribution in [0.1, 0.15) is 47.4 Å². The lowest BCUT2D eigenvalue weighted by Crippen LogP contribution is -2.43. The van der Waals surface area contributed by atoms with Crippen molar-refractivity contribution in [3.8, 4) is 11.1 Å². The van der Waals surface area contributed by atoms with Crippen LogP contribution in [0.15, 0.2) is 48.5 Å². The largest absolute Gasteiger partial charge is 0.478 e. The van der Waals surface area contributed by atoms with Crippen LogP contribution in [0.4, 0.5) is 0 Å². The van der Waals surface area contributed by atoms with E-state index in [-0.39, 0.29) is 16.9 Å². The van der Waals surface area contributed by atoms with Gasteiger partial charge in [-0.2, -0.15) is 0 Å². The highest BCUT2D eigenvalue weighted by Gasteiger charge is 2.30. The van der Waals surface area contributed by atoms with E-state index < -0.39 is 5.97 Å². The van der Waals surface area contributed by atoms with Gasteiger partial charge >= 0.3 is 5.97 Å². The topological polar surface area (TPSA) is 57.6 Å². The van der Waals surface area contributed by atoms with Crippen LogP contribution in [0.3, 0.4) is 0 Å². The zero-order valence-electron chi connectivity index (χ0n) is 14.7. The Labute approximate surface area is 148 Å². The summed E-state index contributed by atoms with van der Waals surface area (Å²) in [6.45, 7) is 5.83. The lowest BCUT2D eigenvalue weighted by atomic mass is 9.83. The molecule has 0 radical (unpaired) electrons. The number of carboxylic acid groups (broad SMARTS) is 1. The Morgan fingerprint density at radius 2 is 1.52 bits per heavy atom. The molecule has 4 nitrogen and oxygen atoms in total. The molecule has 1 fully saturated rings. The molecule has 25 heavy (non-hydrogen) atoms. The van der Waals surface area contributed by atoms with E-state index in [1.54, 1.807) is 30.3 Å². The zero-order chi connectivity index (χ0) is 18.0. The van der Waals surface area contributed by atoms with Crippen LogP contribution in [0.25, 0.3) is 11.1 Å². The van der Waals surface area contributed by atoms with E-state index in [0.29, 0.717) is 16.7 Å². The molecule has 1 saturated heterocycles. The molecule has 0 aromatic heterocycles. The molecule has 1 heterocycles. The molecular formula is C21H23NO3. The van der Waals surface area contributed by atoms with Crippen molar-refractivity contribution in [1.82, 2.24) is 4.90 Å². The number of hydrogen-bond acceptors (Lipinski definition) is 2. The molecule has 0 unspecified atom stereocenters. The highest BCUT2D eigenvalue weighted by atomic mass is 16.4. The van der Waals surface area contributed by atoms with Crippen LogP contribution in [0, 0.1) is 5.41 Å². The Morgan fingerprint density at radius 1 is 0.960 bits per heavy atom. The highest BCUT2D eigenvalue weighted by Crippen LogP contribution is 2.32. The summed E-state index contributed by atoms with van der Waals surface area (Å²) in [5.41, 5.74) is 2.14. The van der Waals surface area contributed by atoms with Gasteiger partial charge in [-0.3, -0.25) is 4.79 Å². The number of carboxylic acids is 1. The van der Waals surface area contributed by atoms with E-state index in [2.05, 4.69) is 13.8 Å². The molecule has 0 saturated carbocycles. The maximum Gasteiger partial charge on any atom is 0.336 e. The summed E-state index contributed by atoms with van der Waals surface area (Å²) in [5.74, 6) is -1.01. The molecule has 0 bridgehead atoms. The second-order valence-electron chi connectivity index (χ2n) is 7.39. The average Bonchev–Trinajstić information content (AvgIpc) is 2.60. The number of hydrogen-bond donors (Lipinski definition) is 1. The van der Waals surface area contributed by atoms with Gasteiger partial charge < -0.3 is 10.0 Å². The minimum absolute atomic E-state index is 0.0245. The molecule has 0 spiro atoms. The normalized spacial score (nSPS) is 16.5. The molecule has 2 aromatic carbocycles. The van der Waals surface area contributed by atoms with Crippen molar-refractivity contribution in [3.05, 3.63) is 59.7 Å². The molecule has 0 atom stereocenters. The van der Waals surface area contributed by atoms with E-state index in [1.165, 1.54) is 0 Å². The highest BCUT2D eigenvalue weighted by molar-refractivity contribution is 6.04. The van der Waals surface area contributed by atoms with Crippen molar-refractivity contribution in [2.75, 3.05) is 13.1 Å². The summed E-state index contributed by atoms with van der Waals surface area (Å²) >= 11 is 0. The fourth-order valence-electron chi connectivity index (χ4n) is 3.58. The summed E-state index contributed by atoms with van der Waals surface area (Å²) in [7, 11) is 0. The predicted molar refractivity (Wildman–Crippen MR) is 97.8 cm³/mol. The van der Waals surface area contributed by atoms with Crippen LogP contribution >= 0.6 is 0 Å². The molecule has 2 aromatic rings. The van der Waals surface area contributed by atoms with Crippen LogP contribution in [0.5, 0.6) is 0 Å². The Balaban J connectivity index is 2.03. The second kappa shape index (κ2) is 6.71. The maximum absolute atomic E-state index is 13.1. The van der Waals surface area contributed by atoms with Crippen molar-refractivity contribution in [2.24, 2.45) is 5.41 Å². The maximum atomic E-state index is 13.1. The number of carbonyl (C=O) groups excluding carboxylic acids is 1. The molecule has 1 aliphatic rings. The predicted octanol–water partition coefficient (Wildman–Crippen LogP) is 4.31. The Morgan fingerprint density at radius 3 is 2.12 bits per heavy atom. The number of piperidine rings is 1. The van der Waals surface area contributed by atoms with Gasteiger partial charge in [0, 0.05) is 18.7 Å². The van der Waals surface area contributed by atoms with Crippen LogP contribution in [0.2, 0.25) is 0 Å². The molecule has 1 aliphatic heterocycles. The number of benzene rings is 2. The van der Waals surface area contributed by atoms with Crippen molar-refractivity contribution >= 4 is 11.9 Å². The van der Waals surface area contributed by atoms with Gasteiger partial charge in [-0.05, 0) is 41.5 Å². The van der Waals surface area contributed by atoms with Gasteiger partial charge in [0.1, 0.15) is 0 Å². The van der Waals surface area contributed by atoms with Crippen molar-refractivity contribution in [3.63, 3.8) is 0 Å². The van der Waals surface area contributed by atoms with Gasteiger partial charge in [-0.1, -0.05) is 50.2 Å². The van der Waals surface area contributed by atoms with Gasteiger partial charge in [0.15, 0.2) is 0 Å². The summed E-state index contributed by atoms with van der Waals surface area (Å²) < 4.78 is 0. The SMILES string of the molecule is CC1(C)CCCN(C(=O)c2ccccc2-c2ccccc2C(=O)O)C1. The number of likely N-dealkylation sites (tertiary alicyclic amines) is 1.